The van der Waals surface area contributed by atoms with Gasteiger partial charge < -0.3 is 4.52 Å². The van der Waals surface area contributed by atoms with Gasteiger partial charge in [-0.1, -0.05) is 23.4 Å². The molecule has 0 radical (unpaired) electrons. The minimum atomic E-state index is 0.249. The summed E-state index contributed by atoms with van der Waals surface area (Å²) in [7, 11) is 2.11. The molecular formula is C14H18N2OS. The molecule has 1 unspecified atom stereocenters. The lowest BCUT2D eigenvalue weighted by Crippen LogP contribution is -2.22. The van der Waals surface area contributed by atoms with Gasteiger partial charge in [-0.3, -0.25) is 4.90 Å². The maximum absolute atomic E-state index is 4.90. The summed E-state index contributed by atoms with van der Waals surface area (Å²) in [5.41, 5.74) is 2.32. The first-order valence-corrected chi connectivity index (χ1v) is 7.17. The molecule has 2 aromatic rings. The Balaban J connectivity index is 2.09. The molecule has 0 saturated carbocycles. The van der Waals surface area contributed by atoms with Crippen LogP contribution in [0.1, 0.15) is 24.2 Å². The Morgan fingerprint density at radius 2 is 2.11 bits per heavy atom. The lowest BCUT2D eigenvalue weighted by atomic mass is 10.1. The Labute approximate surface area is 112 Å². The second kappa shape index (κ2) is 6.07. The van der Waals surface area contributed by atoms with E-state index >= 15 is 0 Å². The molecule has 1 heterocycles. The predicted octanol–water partition coefficient (Wildman–Crippen LogP) is 3.59. The Hall–Kier alpha value is -1.26. The van der Waals surface area contributed by atoms with E-state index in [2.05, 4.69) is 54.5 Å². The van der Waals surface area contributed by atoms with Crippen LogP contribution in [0.15, 0.2) is 46.0 Å². The van der Waals surface area contributed by atoms with Crippen molar-refractivity contribution in [3.63, 3.8) is 0 Å². The molecule has 0 aliphatic carbocycles. The largest absolute Gasteiger partial charge is 0.364 e. The van der Waals surface area contributed by atoms with E-state index in [4.69, 9.17) is 4.52 Å². The van der Waals surface area contributed by atoms with E-state index in [9.17, 15) is 0 Å². The molecule has 0 spiro atoms. The topological polar surface area (TPSA) is 29.3 Å². The summed E-state index contributed by atoms with van der Waals surface area (Å²) < 4.78 is 4.90. The normalized spacial score (nSPS) is 12.9. The molecule has 4 heteroatoms. The minimum absolute atomic E-state index is 0.249. The molecule has 0 amide bonds. The number of rotatable bonds is 5. The van der Waals surface area contributed by atoms with Crippen LogP contribution in [-0.2, 0) is 6.54 Å². The highest BCUT2D eigenvalue weighted by Gasteiger charge is 2.15. The number of hydrogen-bond donors (Lipinski definition) is 0. The van der Waals surface area contributed by atoms with Crippen LogP contribution in [0, 0.1) is 0 Å². The van der Waals surface area contributed by atoms with Crippen molar-refractivity contribution < 1.29 is 4.52 Å². The third-order valence-corrected chi connectivity index (χ3v) is 4.00. The zero-order chi connectivity index (χ0) is 13.0. The number of hydrogen-bond acceptors (Lipinski definition) is 4. The van der Waals surface area contributed by atoms with Crippen LogP contribution in [0.25, 0.3) is 0 Å². The SMILES string of the molecule is CSc1ccccc1CN(C)C(C)c1ccon1. The first-order valence-electron chi connectivity index (χ1n) is 5.94. The molecule has 0 N–H and O–H groups in total. The standard InChI is InChI=1S/C14H18N2OS/c1-11(13-8-9-17-15-13)16(2)10-12-6-4-5-7-14(12)18-3/h4-9,11H,10H2,1-3H3. The lowest BCUT2D eigenvalue weighted by Gasteiger charge is -2.23. The van der Waals surface area contributed by atoms with Gasteiger partial charge in [0.05, 0.1) is 6.04 Å². The van der Waals surface area contributed by atoms with E-state index < -0.39 is 0 Å². The van der Waals surface area contributed by atoms with Crippen LogP contribution < -0.4 is 0 Å². The molecule has 3 nitrogen and oxygen atoms in total. The average Bonchev–Trinajstić information content (AvgIpc) is 2.92. The van der Waals surface area contributed by atoms with Crippen molar-refractivity contribution in [1.82, 2.24) is 10.1 Å². The highest BCUT2D eigenvalue weighted by molar-refractivity contribution is 7.98. The summed E-state index contributed by atoms with van der Waals surface area (Å²) >= 11 is 1.79. The van der Waals surface area contributed by atoms with Gasteiger partial charge in [0, 0.05) is 17.5 Å². The van der Waals surface area contributed by atoms with E-state index in [1.165, 1.54) is 10.5 Å². The molecule has 0 aliphatic rings. The van der Waals surface area contributed by atoms with Gasteiger partial charge in [-0.2, -0.15) is 0 Å². The number of aromatic nitrogens is 1. The summed E-state index contributed by atoms with van der Waals surface area (Å²) in [6, 6.07) is 10.7. The first-order chi connectivity index (χ1) is 8.72. The fourth-order valence-corrected chi connectivity index (χ4v) is 2.51. The van der Waals surface area contributed by atoms with Crippen LogP contribution in [0.4, 0.5) is 0 Å². The highest BCUT2D eigenvalue weighted by Crippen LogP contribution is 2.24. The Kier molecular flexibility index (Phi) is 4.44. The summed E-state index contributed by atoms with van der Waals surface area (Å²) in [5, 5.41) is 4.00. The molecule has 1 aromatic heterocycles. The molecule has 0 aliphatic heterocycles. The zero-order valence-corrected chi connectivity index (χ0v) is 11.8. The van der Waals surface area contributed by atoms with Crippen molar-refractivity contribution >= 4 is 11.8 Å². The predicted molar refractivity (Wildman–Crippen MR) is 74.6 cm³/mol. The van der Waals surface area contributed by atoms with E-state index in [0.29, 0.717) is 0 Å². The fourth-order valence-electron chi connectivity index (χ4n) is 1.90. The van der Waals surface area contributed by atoms with Crippen LogP contribution in [0.3, 0.4) is 0 Å². The van der Waals surface area contributed by atoms with Crippen molar-refractivity contribution in [2.24, 2.45) is 0 Å². The second-order valence-electron chi connectivity index (χ2n) is 4.33. The van der Waals surface area contributed by atoms with Crippen molar-refractivity contribution in [2.45, 2.75) is 24.4 Å². The van der Waals surface area contributed by atoms with E-state index in [-0.39, 0.29) is 6.04 Å². The number of benzene rings is 1. The monoisotopic (exact) mass is 262 g/mol. The Morgan fingerprint density at radius 1 is 1.33 bits per heavy atom. The average molecular weight is 262 g/mol. The molecule has 1 aromatic carbocycles. The van der Waals surface area contributed by atoms with Crippen LogP contribution >= 0.6 is 11.8 Å². The smallest absolute Gasteiger partial charge is 0.124 e. The van der Waals surface area contributed by atoms with Crippen molar-refractivity contribution in [3.05, 3.63) is 47.9 Å². The molecule has 1 atom stereocenters. The Bertz CT molecular complexity index is 484. The summed E-state index contributed by atoms with van der Waals surface area (Å²) in [6.07, 6.45) is 3.73. The molecule has 0 bridgehead atoms. The van der Waals surface area contributed by atoms with Gasteiger partial charge in [-0.15, -0.1) is 11.8 Å². The van der Waals surface area contributed by atoms with Crippen molar-refractivity contribution in [3.8, 4) is 0 Å². The second-order valence-corrected chi connectivity index (χ2v) is 5.18. The minimum Gasteiger partial charge on any atom is -0.364 e. The molecular weight excluding hydrogens is 244 g/mol. The van der Waals surface area contributed by atoms with Gasteiger partial charge in [0.25, 0.3) is 0 Å². The molecule has 2 rings (SSSR count). The van der Waals surface area contributed by atoms with Crippen LogP contribution in [0.5, 0.6) is 0 Å². The van der Waals surface area contributed by atoms with Crippen LogP contribution in [-0.4, -0.2) is 23.4 Å². The van der Waals surface area contributed by atoms with Gasteiger partial charge in [0.15, 0.2) is 0 Å². The van der Waals surface area contributed by atoms with E-state index in [1.807, 2.05) is 6.07 Å². The van der Waals surface area contributed by atoms with Crippen molar-refractivity contribution in [1.29, 1.82) is 0 Å². The summed E-state index contributed by atoms with van der Waals surface area (Å²) in [5.74, 6) is 0. The molecule has 18 heavy (non-hydrogen) atoms. The van der Waals surface area contributed by atoms with Gasteiger partial charge in [0.1, 0.15) is 12.0 Å². The summed E-state index contributed by atoms with van der Waals surface area (Å²) in [4.78, 5) is 3.60. The zero-order valence-electron chi connectivity index (χ0n) is 11.0. The van der Waals surface area contributed by atoms with Crippen molar-refractivity contribution in [2.75, 3.05) is 13.3 Å². The number of thioether (sulfide) groups is 1. The van der Waals surface area contributed by atoms with Gasteiger partial charge in [-0.25, -0.2) is 0 Å². The van der Waals surface area contributed by atoms with Gasteiger partial charge in [0.2, 0.25) is 0 Å². The fraction of sp³-hybridized carbons (Fsp3) is 0.357. The first kappa shape index (κ1) is 13.2. The van der Waals surface area contributed by atoms with E-state index in [0.717, 1.165) is 12.2 Å². The Morgan fingerprint density at radius 3 is 2.78 bits per heavy atom. The maximum Gasteiger partial charge on any atom is 0.124 e. The highest BCUT2D eigenvalue weighted by atomic mass is 32.2. The van der Waals surface area contributed by atoms with E-state index in [1.54, 1.807) is 18.0 Å². The molecule has 0 saturated heterocycles. The lowest BCUT2D eigenvalue weighted by molar-refractivity contribution is 0.239. The van der Waals surface area contributed by atoms with Gasteiger partial charge >= 0.3 is 0 Å². The quantitative estimate of drug-likeness (QED) is 0.770. The maximum atomic E-state index is 4.90. The molecule has 0 fully saturated rings. The number of nitrogens with zero attached hydrogens (tertiary/aromatic N) is 2. The van der Waals surface area contributed by atoms with Crippen LogP contribution in [0.2, 0.25) is 0 Å². The summed E-state index contributed by atoms with van der Waals surface area (Å²) in [6.45, 7) is 3.05. The third-order valence-electron chi connectivity index (χ3n) is 3.16. The third kappa shape index (κ3) is 2.94. The van der Waals surface area contributed by atoms with Gasteiger partial charge in [-0.05, 0) is 31.9 Å². The molecule has 96 valence electrons.